The molecule has 2 saturated carbocycles. The summed E-state index contributed by atoms with van der Waals surface area (Å²) in [6.07, 6.45) is 4.17. The van der Waals surface area contributed by atoms with Crippen LogP contribution in [0.1, 0.15) is 87.7 Å². The van der Waals surface area contributed by atoms with E-state index < -0.39 is 23.5 Å². The third-order valence-electron chi connectivity index (χ3n) is 10.7. The molecular weight excluding hydrogens is 500 g/mol. The fourth-order valence-electron chi connectivity index (χ4n) is 8.45. The van der Waals surface area contributed by atoms with Crippen LogP contribution in [-0.4, -0.2) is 62.3 Å². The second-order valence-electron chi connectivity index (χ2n) is 13.0. The van der Waals surface area contributed by atoms with Gasteiger partial charge in [0.2, 0.25) is 0 Å². The molecule has 0 unspecified atom stereocenters. The maximum atomic E-state index is 13.5. The van der Waals surface area contributed by atoms with Gasteiger partial charge in [-0.1, -0.05) is 27.7 Å². The maximum absolute atomic E-state index is 13.5. The number of hydrogen-bond donors (Lipinski definition) is 5. The van der Waals surface area contributed by atoms with Crippen molar-refractivity contribution in [2.75, 3.05) is 6.54 Å². The van der Waals surface area contributed by atoms with Gasteiger partial charge in [0.15, 0.2) is 5.96 Å². The Hall–Kier alpha value is -3.01. The van der Waals surface area contributed by atoms with Crippen molar-refractivity contribution < 1.29 is 29.6 Å². The van der Waals surface area contributed by atoms with Crippen molar-refractivity contribution in [2.24, 2.45) is 39.1 Å². The van der Waals surface area contributed by atoms with E-state index in [0.717, 1.165) is 19.3 Å². The number of guanidine groups is 1. The average Bonchev–Trinajstić information content (AvgIpc) is 3.41. The number of phenolic OH excluding ortho intramolecular Hbond substituents is 1. The Balaban J connectivity index is 1.49. The van der Waals surface area contributed by atoms with E-state index in [1.165, 1.54) is 11.0 Å². The number of nitrogens with zero attached hydrogens (tertiary/aromatic N) is 2. The minimum Gasteiger partial charge on any atom is -0.508 e. The van der Waals surface area contributed by atoms with Gasteiger partial charge in [-0.3, -0.25) is 9.79 Å². The van der Waals surface area contributed by atoms with Crippen LogP contribution in [0.2, 0.25) is 0 Å². The van der Waals surface area contributed by atoms with Crippen LogP contribution in [0.4, 0.5) is 0 Å². The molecule has 2 aliphatic carbocycles. The molecule has 6 atom stereocenters. The summed E-state index contributed by atoms with van der Waals surface area (Å²) in [4.78, 5) is 31.0. The molecule has 0 bridgehead atoms. The first-order valence-electron chi connectivity index (χ1n) is 14.1. The zero-order chi connectivity index (χ0) is 28.5. The van der Waals surface area contributed by atoms with Crippen molar-refractivity contribution in [3.8, 4) is 11.5 Å². The fourth-order valence-corrected chi connectivity index (χ4v) is 8.45. The molecular formula is C29H42N4O6. The molecule has 2 aliphatic heterocycles. The van der Waals surface area contributed by atoms with Crippen LogP contribution in [0.3, 0.4) is 0 Å². The zero-order valence-corrected chi connectivity index (χ0v) is 23.4. The Labute approximate surface area is 229 Å². The molecule has 39 heavy (non-hydrogen) atoms. The van der Waals surface area contributed by atoms with Crippen molar-refractivity contribution in [1.29, 1.82) is 0 Å². The van der Waals surface area contributed by atoms with E-state index in [1.807, 2.05) is 0 Å². The highest BCUT2D eigenvalue weighted by atomic mass is 16.5. The molecule has 214 valence electrons. The smallest absolute Gasteiger partial charge is 0.326 e. The predicted octanol–water partition coefficient (Wildman–Crippen LogP) is 2.76. The molecule has 5 rings (SSSR count). The fraction of sp³-hybridized carbons (Fsp3) is 0.690. The van der Waals surface area contributed by atoms with Gasteiger partial charge in [0.25, 0.3) is 5.91 Å². The van der Waals surface area contributed by atoms with E-state index in [1.54, 1.807) is 0 Å². The first-order chi connectivity index (χ1) is 18.2. The lowest BCUT2D eigenvalue weighted by molar-refractivity contribution is -0.210. The van der Waals surface area contributed by atoms with Crippen LogP contribution in [-0.2, 0) is 17.8 Å². The quantitative estimate of drug-likeness (QED) is 0.207. The monoisotopic (exact) mass is 542 g/mol. The number of rotatable bonds is 6. The minimum absolute atomic E-state index is 0.0171. The summed E-state index contributed by atoms with van der Waals surface area (Å²) >= 11 is 0. The largest absolute Gasteiger partial charge is 0.508 e. The summed E-state index contributed by atoms with van der Waals surface area (Å²) in [6.45, 7) is 9.15. The van der Waals surface area contributed by atoms with E-state index in [4.69, 9.17) is 16.2 Å². The number of phenols is 1. The van der Waals surface area contributed by atoms with Crippen LogP contribution in [0.15, 0.2) is 11.1 Å². The standard InChI is InChI=1S/C29H42N4O6/c1-15-7-8-21-27(2,3)22(35)9-10-28(21,4)29(15)13-17-20(34)12-16-18(23(17)39-29)14-33(24(16)36)19(25(37)38)6-5-11-32-26(30)31/h12,15,19,21-22,34-35H,5-11,13-14H2,1-4H3,(H,37,38)(H4,30,31,32)/t15-,19-,21+,22+,28-,29+/m0/s1. The molecule has 0 aromatic heterocycles. The second-order valence-corrected chi connectivity index (χ2v) is 13.0. The number of carbonyl (C=O) groups is 2. The number of carboxylic acid groups (broad SMARTS) is 1. The van der Waals surface area contributed by atoms with Gasteiger partial charge in [-0.25, -0.2) is 4.79 Å². The first-order valence-corrected chi connectivity index (χ1v) is 14.1. The summed E-state index contributed by atoms with van der Waals surface area (Å²) in [6, 6.07) is 0.433. The van der Waals surface area contributed by atoms with Crippen LogP contribution in [0.5, 0.6) is 11.5 Å². The van der Waals surface area contributed by atoms with E-state index in [9.17, 15) is 24.9 Å². The topological polar surface area (TPSA) is 172 Å². The highest BCUT2D eigenvalue weighted by Crippen LogP contribution is 2.67. The number of ether oxygens (including phenoxy) is 1. The van der Waals surface area contributed by atoms with Gasteiger partial charge in [-0.15, -0.1) is 0 Å². The lowest BCUT2D eigenvalue weighted by Crippen LogP contribution is -2.66. The first kappa shape index (κ1) is 27.6. The van der Waals surface area contributed by atoms with Crippen molar-refractivity contribution in [3.63, 3.8) is 0 Å². The summed E-state index contributed by atoms with van der Waals surface area (Å²) < 4.78 is 7.02. The number of benzene rings is 1. The van der Waals surface area contributed by atoms with Crippen molar-refractivity contribution in [1.82, 2.24) is 4.90 Å². The van der Waals surface area contributed by atoms with Gasteiger partial charge in [0.05, 0.1) is 18.2 Å². The number of aliphatic imine (C=N–C) groups is 1. The second kappa shape index (κ2) is 9.28. The lowest BCUT2D eigenvalue weighted by Gasteiger charge is -2.64. The summed E-state index contributed by atoms with van der Waals surface area (Å²) in [5, 5.41) is 32.0. The highest BCUT2D eigenvalue weighted by molar-refractivity contribution is 6.02. The van der Waals surface area contributed by atoms with Crippen LogP contribution in [0.25, 0.3) is 0 Å². The Morgan fingerprint density at radius 1 is 1.23 bits per heavy atom. The molecule has 10 nitrogen and oxygen atoms in total. The third kappa shape index (κ3) is 3.97. The normalized spacial score (nSPS) is 33.2. The third-order valence-corrected chi connectivity index (χ3v) is 10.7. The Kier molecular flexibility index (Phi) is 6.56. The molecule has 7 N–H and O–H groups in total. The molecule has 1 aromatic rings. The van der Waals surface area contributed by atoms with Gasteiger partial charge >= 0.3 is 5.97 Å². The molecule has 1 aromatic carbocycles. The molecule has 2 fully saturated rings. The minimum atomic E-state index is -1.10. The highest BCUT2D eigenvalue weighted by Gasteiger charge is 2.67. The van der Waals surface area contributed by atoms with E-state index in [0.29, 0.717) is 41.7 Å². The number of nitrogens with two attached hydrogens (primary N) is 2. The lowest BCUT2D eigenvalue weighted by atomic mass is 9.43. The van der Waals surface area contributed by atoms with Crippen LogP contribution >= 0.6 is 0 Å². The number of aliphatic hydroxyl groups is 1. The SMILES string of the molecule is C[C@H]1CC[C@@H]2C(C)(C)[C@H](O)CC[C@]2(C)[C@@]12Cc1c(O)cc3c(c1O2)CN([C@@H](CCCN=C(N)N)C(=O)O)C3=O. The Bertz CT molecular complexity index is 1230. The molecule has 10 heteroatoms. The number of aliphatic hydroxyl groups excluding tert-OH is 1. The van der Waals surface area contributed by atoms with Gasteiger partial charge in [0.1, 0.15) is 23.1 Å². The number of hydrogen-bond acceptors (Lipinski definition) is 6. The number of fused-ring (bicyclic) bond motifs is 5. The van der Waals surface area contributed by atoms with Crippen LogP contribution < -0.4 is 16.2 Å². The summed E-state index contributed by atoms with van der Waals surface area (Å²) in [5.74, 6) is -0.612. The maximum Gasteiger partial charge on any atom is 0.326 e. The molecule has 1 amide bonds. The summed E-state index contributed by atoms with van der Waals surface area (Å²) in [7, 11) is 0. The molecule has 0 saturated heterocycles. The van der Waals surface area contributed by atoms with Crippen LogP contribution in [0, 0.1) is 22.7 Å². The van der Waals surface area contributed by atoms with Crippen molar-refractivity contribution in [3.05, 3.63) is 22.8 Å². The van der Waals surface area contributed by atoms with Gasteiger partial charge in [-0.05, 0) is 61.8 Å². The zero-order valence-electron chi connectivity index (χ0n) is 23.4. The predicted molar refractivity (Wildman–Crippen MR) is 145 cm³/mol. The number of amides is 1. The molecule has 2 heterocycles. The average molecular weight is 543 g/mol. The Morgan fingerprint density at radius 3 is 2.62 bits per heavy atom. The molecule has 4 aliphatic rings. The molecule has 0 radical (unpaired) electrons. The number of carboxylic acids is 1. The van der Waals surface area contributed by atoms with Crippen molar-refractivity contribution >= 4 is 17.8 Å². The molecule has 1 spiro atoms. The van der Waals surface area contributed by atoms with Gasteiger partial charge in [-0.2, -0.15) is 0 Å². The number of aromatic hydroxyl groups is 1. The van der Waals surface area contributed by atoms with E-state index >= 15 is 0 Å². The number of carbonyl (C=O) groups excluding carboxylic acids is 1. The number of aliphatic carboxylic acids is 1. The van der Waals surface area contributed by atoms with E-state index in [-0.39, 0.29) is 60.0 Å². The van der Waals surface area contributed by atoms with Gasteiger partial charge in [0, 0.05) is 29.5 Å². The summed E-state index contributed by atoms with van der Waals surface area (Å²) in [5.41, 5.74) is 11.3. The van der Waals surface area contributed by atoms with E-state index in [2.05, 4.69) is 32.7 Å². The van der Waals surface area contributed by atoms with Crippen molar-refractivity contribution in [2.45, 2.75) is 96.9 Å². The van der Waals surface area contributed by atoms with Gasteiger partial charge < -0.3 is 36.4 Å². The Morgan fingerprint density at radius 2 is 1.95 bits per heavy atom.